The first-order chi connectivity index (χ1) is 31.8. The van der Waals surface area contributed by atoms with E-state index in [1.807, 2.05) is 0 Å². The van der Waals surface area contributed by atoms with Crippen LogP contribution in [-0.2, 0) is 0 Å². The molecule has 0 amide bonds. The van der Waals surface area contributed by atoms with Crippen LogP contribution in [0.1, 0.15) is 0 Å². The molecule has 0 unspecified atom stereocenters. The molecule has 0 spiro atoms. The van der Waals surface area contributed by atoms with Gasteiger partial charge in [0.05, 0.1) is 34.0 Å². The van der Waals surface area contributed by atoms with Gasteiger partial charge in [0.15, 0.2) is 0 Å². The molecule has 0 aliphatic rings. The molecule has 0 radical (unpaired) electrons. The van der Waals surface area contributed by atoms with Gasteiger partial charge >= 0.3 is 0 Å². The van der Waals surface area contributed by atoms with Gasteiger partial charge < -0.3 is 9.13 Å². The van der Waals surface area contributed by atoms with Crippen molar-refractivity contribution in [3.63, 3.8) is 0 Å². The SMILES string of the molecule is c1ccc(-c2c3cc(-n4c(-c5ccccc5)ccc4-c4ccccc4)ccc3c(-c3ccc4ccccc4n3)c3cc(-n4c(-c5ccccc5)ccc4-c4ccccc4)ccc23)cc1. The van der Waals surface area contributed by atoms with E-state index in [0.29, 0.717) is 0 Å². The zero-order chi connectivity index (χ0) is 42.4. The molecule has 0 fully saturated rings. The van der Waals surface area contributed by atoms with Crippen molar-refractivity contribution in [1.29, 1.82) is 0 Å². The van der Waals surface area contributed by atoms with Gasteiger partial charge in [-0.1, -0.05) is 188 Å². The van der Waals surface area contributed by atoms with Crippen molar-refractivity contribution in [3.05, 3.63) is 249 Å². The lowest BCUT2D eigenvalue weighted by molar-refractivity contribution is 1.10. The number of rotatable bonds is 8. The van der Waals surface area contributed by atoms with Gasteiger partial charge in [0.1, 0.15) is 0 Å². The highest BCUT2D eigenvalue weighted by Gasteiger charge is 2.22. The monoisotopic (exact) mass is 815 g/mol. The third-order valence-electron chi connectivity index (χ3n) is 12.6. The first kappa shape index (κ1) is 37.2. The van der Waals surface area contributed by atoms with Crippen molar-refractivity contribution in [2.24, 2.45) is 0 Å². The van der Waals surface area contributed by atoms with Gasteiger partial charge in [0.25, 0.3) is 0 Å². The number of aromatic nitrogens is 3. The molecule has 64 heavy (non-hydrogen) atoms. The van der Waals surface area contributed by atoms with Gasteiger partial charge in [-0.15, -0.1) is 0 Å². The number of benzene rings is 9. The van der Waals surface area contributed by atoms with Crippen LogP contribution in [0.25, 0.3) is 111 Å². The summed E-state index contributed by atoms with van der Waals surface area (Å²) in [5.74, 6) is 0. The van der Waals surface area contributed by atoms with Crippen molar-refractivity contribution in [2.75, 3.05) is 0 Å². The molecule has 9 aromatic carbocycles. The Morgan fingerprint density at radius 1 is 0.266 bits per heavy atom. The van der Waals surface area contributed by atoms with Crippen LogP contribution in [0.4, 0.5) is 0 Å². The first-order valence-electron chi connectivity index (χ1n) is 21.9. The molecule has 3 heterocycles. The van der Waals surface area contributed by atoms with E-state index in [9.17, 15) is 0 Å². The van der Waals surface area contributed by atoms with Crippen molar-refractivity contribution in [2.45, 2.75) is 0 Å². The Hall–Kier alpha value is -8.53. The molecule has 3 aromatic heterocycles. The van der Waals surface area contributed by atoms with Crippen LogP contribution in [0.15, 0.2) is 249 Å². The summed E-state index contributed by atoms with van der Waals surface area (Å²) in [5, 5.41) is 5.73. The highest BCUT2D eigenvalue weighted by atomic mass is 15.0. The van der Waals surface area contributed by atoms with Crippen molar-refractivity contribution < 1.29 is 0 Å². The molecular weight excluding hydrogens is 775 g/mol. The van der Waals surface area contributed by atoms with Crippen LogP contribution in [0.2, 0.25) is 0 Å². The molecule has 12 aromatic rings. The quantitative estimate of drug-likeness (QED) is 0.140. The second-order valence-electron chi connectivity index (χ2n) is 16.3. The van der Waals surface area contributed by atoms with Crippen molar-refractivity contribution >= 4 is 32.4 Å². The van der Waals surface area contributed by atoms with E-state index in [1.165, 1.54) is 10.9 Å². The number of hydrogen-bond donors (Lipinski definition) is 0. The maximum absolute atomic E-state index is 5.44. The van der Waals surface area contributed by atoms with E-state index in [2.05, 4.69) is 258 Å². The predicted octanol–water partition coefficient (Wildman–Crippen LogP) is 16.1. The van der Waals surface area contributed by atoms with E-state index in [-0.39, 0.29) is 0 Å². The molecule has 3 nitrogen and oxygen atoms in total. The molecule has 0 aliphatic heterocycles. The second-order valence-corrected chi connectivity index (χ2v) is 16.3. The van der Waals surface area contributed by atoms with Gasteiger partial charge in [-0.3, -0.25) is 0 Å². The number of nitrogens with zero attached hydrogens (tertiary/aromatic N) is 3. The van der Waals surface area contributed by atoms with Crippen LogP contribution in [-0.4, -0.2) is 14.1 Å². The highest BCUT2D eigenvalue weighted by Crippen LogP contribution is 2.46. The summed E-state index contributed by atoms with van der Waals surface area (Å²) in [7, 11) is 0. The summed E-state index contributed by atoms with van der Waals surface area (Å²) in [6, 6.07) is 89.6. The molecule has 0 atom stereocenters. The standard InChI is InChI=1S/C61H41N3/c1-6-19-43(20-7-1)56-36-37-57(44-21-8-2-9-22-44)63(56)48-32-34-51-52(40-48)60(47-27-14-5-15-28-47)50-33-31-49(41-53(50)61(51)55-35-30-42-18-16-17-29-54(42)62-55)64-58(45-23-10-3-11-24-45)38-39-59(64)46-25-12-4-13-26-46/h1-41H. The van der Waals surface area contributed by atoms with Gasteiger partial charge in [-0.2, -0.15) is 0 Å². The van der Waals surface area contributed by atoms with Gasteiger partial charge in [-0.25, -0.2) is 4.98 Å². The maximum atomic E-state index is 5.44. The molecular formula is C61H41N3. The molecule has 0 saturated heterocycles. The topological polar surface area (TPSA) is 22.8 Å². The molecule has 12 rings (SSSR count). The lowest BCUT2D eigenvalue weighted by atomic mass is 9.86. The minimum Gasteiger partial charge on any atom is -0.309 e. The van der Waals surface area contributed by atoms with Crippen LogP contribution in [0.3, 0.4) is 0 Å². The predicted molar refractivity (Wildman–Crippen MR) is 268 cm³/mol. The summed E-state index contributed by atoms with van der Waals surface area (Å²) in [6.45, 7) is 0. The Labute approximate surface area is 372 Å². The Bertz CT molecular complexity index is 3510. The Kier molecular flexibility index (Phi) is 9.16. The van der Waals surface area contributed by atoms with Crippen LogP contribution in [0.5, 0.6) is 0 Å². The van der Waals surface area contributed by atoms with Crippen LogP contribution in [0, 0.1) is 0 Å². The fourth-order valence-electron chi connectivity index (χ4n) is 9.65. The molecule has 0 bridgehead atoms. The first-order valence-corrected chi connectivity index (χ1v) is 21.9. The van der Waals surface area contributed by atoms with E-state index >= 15 is 0 Å². The highest BCUT2D eigenvalue weighted by molar-refractivity contribution is 6.22. The number of hydrogen-bond acceptors (Lipinski definition) is 1. The minimum absolute atomic E-state index is 0.938. The zero-order valence-corrected chi connectivity index (χ0v) is 35.0. The van der Waals surface area contributed by atoms with Crippen LogP contribution < -0.4 is 0 Å². The maximum Gasteiger partial charge on any atom is 0.0722 e. The third kappa shape index (κ3) is 6.42. The number of para-hydroxylation sites is 1. The molecule has 0 aliphatic carbocycles. The normalized spacial score (nSPS) is 11.4. The minimum atomic E-state index is 0.938. The lowest BCUT2D eigenvalue weighted by Gasteiger charge is -2.22. The zero-order valence-electron chi connectivity index (χ0n) is 35.0. The van der Waals surface area contributed by atoms with Gasteiger partial charge in [-0.05, 0) is 116 Å². The Balaban J connectivity index is 1.19. The molecule has 0 N–H and O–H groups in total. The van der Waals surface area contributed by atoms with Gasteiger partial charge in [0, 0.05) is 22.3 Å². The summed E-state index contributed by atoms with van der Waals surface area (Å²) >= 11 is 0. The fourth-order valence-corrected chi connectivity index (χ4v) is 9.65. The molecule has 0 saturated carbocycles. The lowest BCUT2D eigenvalue weighted by Crippen LogP contribution is -2.02. The summed E-state index contributed by atoms with van der Waals surface area (Å²) in [5.41, 5.74) is 16.7. The Morgan fingerprint density at radius 2 is 0.641 bits per heavy atom. The number of fused-ring (bicyclic) bond motifs is 3. The summed E-state index contributed by atoms with van der Waals surface area (Å²) in [6.07, 6.45) is 0. The smallest absolute Gasteiger partial charge is 0.0722 e. The average Bonchev–Trinajstić information content (AvgIpc) is 4.03. The molecule has 300 valence electrons. The number of pyridine rings is 1. The second kappa shape index (κ2) is 15.7. The third-order valence-corrected chi connectivity index (χ3v) is 12.6. The summed E-state index contributed by atoms with van der Waals surface area (Å²) in [4.78, 5) is 5.44. The van der Waals surface area contributed by atoms with E-state index in [1.54, 1.807) is 0 Å². The van der Waals surface area contributed by atoms with Crippen molar-refractivity contribution in [1.82, 2.24) is 14.1 Å². The van der Waals surface area contributed by atoms with Gasteiger partial charge in [0.2, 0.25) is 0 Å². The summed E-state index contributed by atoms with van der Waals surface area (Å²) < 4.78 is 4.84. The van der Waals surface area contributed by atoms with E-state index in [0.717, 1.165) is 100 Å². The van der Waals surface area contributed by atoms with E-state index < -0.39 is 0 Å². The largest absolute Gasteiger partial charge is 0.309 e. The van der Waals surface area contributed by atoms with Crippen LogP contribution >= 0.6 is 0 Å². The fraction of sp³-hybridized carbons (Fsp3) is 0. The average molecular weight is 816 g/mol. The molecule has 3 heteroatoms. The van der Waals surface area contributed by atoms with E-state index in [4.69, 9.17) is 4.98 Å². The Morgan fingerprint density at radius 3 is 1.09 bits per heavy atom. The van der Waals surface area contributed by atoms with Crippen molar-refractivity contribution in [3.8, 4) is 78.8 Å².